The molecule has 4 heterocycles. The predicted octanol–water partition coefficient (Wildman–Crippen LogP) is 11.2. The molecule has 3 aromatic heterocycles. The van der Waals surface area contributed by atoms with Crippen LogP contribution in [0.5, 0.6) is 5.88 Å². The van der Waals surface area contributed by atoms with Crippen molar-refractivity contribution >= 4 is 61.1 Å². The Balaban J connectivity index is 1.36. The molecule has 5 rings (SSSR count). The van der Waals surface area contributed by atoms with Crippen LogP contribution in [0.2, 0.25) is 28.2 Å². The molecule has 1 aliphatic heterocycles. The van der Waals surface area contributed by atoms with Crippen molar-refractivity contribution in [3.05, 3.63) is 81.8 Å². The average molecular weight is 969 g/mol. The Morgan fingerprint density at radius 1 is 0.864 bits per heavy atom. The number of hydrogen-bond acceptors (Lipinski definition) is 11. The van der Waals surface area contributed by atoms with Crippen molar-refractivity contribution in [3.8, 4) is 28.4 Å². The monoisotopic (exact) mass is 967 g/mol. The summed E-state index contributed by atoms with van der Waals surface area (Å²) in [7, 11) is -0.589. The fraction of sp³-hybridized carbons (Fsp3) is 0.500. The van der Waals surface area contributed by atoms with E-state index in [1.165, 1.54) is 18.2 Å². The van der Waals surface area contributed by atoms with Gasteiger partial charge in [0.2, 0.25) is 11.8 Å². The summed E-state index contributed by atoms with van der Waals surface area (Å²) in [6, 6.07) is 11.8. The van der Waals surface area contributed by atoms with Gasteiger partial charge in [0, 0.05) is 61.2 Å². The van der Waals surface area contributed by atoms with E-state index >= 15 is 4.39 Å². The molecule has 0 unspecified atom stereocenters. The van der Waals surface area contributed by atoms with E-state index in [-0.39, 0.29) is 71.3 Å². The highest BCUT2D eigenvalue weighted by Crippen LogP contribution is 2.41. The van der Waals surface area contributed by atoms with Crippen LogP contribution in [-0.2, 0) is 31.7 Å². The molecular weight excluding hydrogens is 905 g/mol. The minimum absolute atomic E-state index is 0.00209. The summed E-state index contributed by atoms with van der Waals surface area (Å²) in [5.41, 5.74) is 1.68. The summed E-state index contributed by atoms with van der Waals surface area (Å²) in [5, 5.41) is 6.43. The van der Waals surface area contributed by atoms with Gasteiger partial charge in [0.25, 0.3) is 0 Å². The molecule has 358 valence electrons. The molecule has 0 radical (unpaired) electrons. The van der Waals surface area contributed by atoms with Gasteiger partial charge < -0.3 is 39.1 Å². The van der Waals surface area contributed by atoms with E-state index in [1.807, 2.05) is 0 Å². The van der Waals surface area contributed by atoms with Crippen molar-refractivity contribution in [2.75, 3.05) is 38.7 Å². The lowest BCUT2D eigenvalue weighted by molar-refractivity contribution is -0.119. The van der Waals surface area contributed by atoms with Crippen molar-refractivity contribution in [1.82, 2.24) is 30.1 Å². The normalized spacial score (nSPS) is 14.4. The lowest BCUT2D eigenvalue weighted by Gasteiger charge is -2.37. The number of rotatable bonds is 16. The molecule has 4 aromatic rings. The topological polar surface area (TPSA) is 157 Å². The van der Waals surface area contributed by atoms with E-state index in [2.05, 4.69) is 54.5 Å². The van der Waals surface area contributed by atoms with Crippen molar-refractivity contribution in [2.24, 2.45) is 0 Å². The molecule has 1 aliphatic rings. The number of anilines is 2. The summed E-state index contributed by atoms with van der Waals surface area (Å²) in [5.74, 6) is -0.445. The number of nitrogens with zero attached hydrogens (tertiary/aromatic N) is 5. The number of methoxy groups -OCH3 is 1. The molecule has 0 spiro atoms. The molecule has 0 bridgehead atoms. The van der Waals surface area contributed by atoms with Gasteiger partial charge in [-0.05, 0) is 108 Å². The first-order valence-electron chi connectivity index (χ1n) is 22.0. The van der Waals surface area contributed by atoms with Crippen LogP contribution in [0.1, 0.15) is 86.3 Å². The lowest BCUT2D eigenvalue weighted by atomic mass is 10.0. The Bertz CT molecular complexity index is 2390. The second-order valence-corrected chi connectivity index (χ2v) is 25.4. The summed E-state index contributed by atoms with van der Waals surface area (Å²) < 4.78 is 39.7. The first kappa shape index (κ1) is 51.9. The number of aromatic nitrogens is 3. The van der Waals surface area contributed by atoms with Gasteiger partial charge in [-0.3, -0.25) is 9.78 Å². The van der Waals surface area contributed by atoms with Gasteiger partial charge in [0.15, 0.2) is 20.0 Å². The minimum Gasteiger partial charge on any atom is -0.481 e. The van der Waals surface area contributed by atoms with Gasteiger partial charge >= 0.3 is 12.2 Å². The molecule has 1 fully saturated rings. The maximum absolute atomic E-state index is 16.2. The number of hydrogen-bond donors (Lipinski definition) is 2. The number of nitrogens with one attached hydrogen (secondary N) is 2. The van der Waals surface area contributed by atoms with Gasteiger partial charge in [-0.2, -0.15) is 0 Å². The molecule has 1 aromatic carbocycles. The van der Waals surface area contributed by atoms with Gasteiger partial charge in [-0.1, -0.05) is 56.1 Å². The van der Waals surface area contributed by atoms with Crippen LogP contribution in [0.4, 0.5) is 25.5 Å². The van der Waals surface area contributed by atoms with Crippen LogP contribution in [0, 0.1) is 5.82 Å². The number of halogens is 3. The molecule has 3 amide bonds. The van der Waals surface area contributed by atoms with Crippen molar-refractivity contribution < 1.29 is 37.4 Å². The van der Waals surface area contributed by atoms with Crippen molar-refractivity contribution in [2.45, 2.75) is 123 Å². The summed E-state index contributed by atoms with van der Waals surface area (Å²) in [4.78, 5) is 55.3. The van der Waals surface area contributed by atoms with Crippen molar-refractivity contribution in [1.29, 1.82) is 0 Å². The highest BCUT2D eigenvalue weighted by atomic mass is 35.5. The van der Waals surface area contributed by atoms with Crippen LogP contribution < -0.4 is 15.4 Å². The number of carbonyl (C=O) groups is 3. The number of ether oxygens (including phenoxy) is 3. The van der Waals surface area contributed by atoms with Gasteiger partial charge in [0.05, 0.1) is 47.4 Å². The van der Waals surface area contributed by atoms with Crippen LogP contribution in [0.25, 0.3) is 22.5 Å². The number of benzene rings is 1. The van der Waals surface area contributed by atoms with E-state index in [1.54, 1.807) is 95.1 Å². The summed E-state index contributed by atoms with van der Waals surface area (Å²) in [6.45, 7) is 22.7. The first-order chi connectivity index (χ1) is 30.8. The van der Waals surface area contributed by atoms with E-state index < -0.39 is 37.5 Å². The van der Waals surface area contributed by atoms with E-state index in [0.29, 0.717) is 58.8 Å². The molecule has 2 N–H and O–H groups in total. The zero-order chi connectivity index (χ0) is 48.8. The molecule has 14 nitrogen and oxygen atoms in total. The first-order valence-corrected chi connectivity index (χ1v) is 25.7. The smallest absolute Gasteiger partial charge is 0.410 e. The number of amides is 3. The fourth-order valence-corrected chi connectivity index (χ4v) is 8.38. The maximum atomic E-state index is 16.2. The van der Waals surface area contributed by atoms with Gasteiger partial charge in [-0.15, -0.1) is 0 Å². The zero-order valence-corrected chi connectivity index (χ0v) is 42.7. The standard InChI is InChI=1S/C48H64Cl2FN7O7Si/c1-46(2,3)64-44(60)57(26-27-63-66(11,12)48(7,8)9)25-22-30-20-23-53-42(40(30)51)55-36-15-13-14-34(38(36)49)41-39(50)33(21-24-52-41)35-18-16-31(43(56-35)62-10)28-58(45(61)65-47(4,5)6)29-32-17-19-37(59)54-32/h13-16,18,20-21,23-24,32H,17,19,22,25-29H2,1-12H3,(H,53,55)(H,54,59)/t32-/m0/s1. The Morgan fingerprint density at radius 2 is 1.53 bits per heavy atom. The number of pyridine rings is 3. The van der Waals surface area contributed by atoms with Crippen LogP contribution >= 0.6 is 23.2 Å². The molecule has 18 heteroatoms. The van der Waals surface area contributed by atoms with Gasteiger partial charge in [-0.25, -0.2) is 23.9 Å². The van der Waals surface area contributed by atoms with E-state index in [4.69, 9.17) is 46.8 Å². The highest BCUT2D eigenvalue weighted by molar-refractivity contribution is 6.74. The minimum atomic E-state index is -2.08. The van der Waals surface area contributed by atoms with E-state index in [9.17, 15) is 14.4 Å². The van der Waals surface area contributed by atoms with Crippen LogP contribution in [-0.4, -0.2) is 102 Å². The van der Waals surface area contributed by atoms with E-state index in [0.717, 1.165) is 0 Å². The van der Waals surface area contributed by atoms with Crippen LogP contribution in [0.3, 0.4) is 0 Å². The Labute approximate surface area is 399 Å². The summed E-state index contributed by atoms with van der Waals surface area (Å²) in [6.07, 6.45) is 3.23. The largest absolute Gasteiger partial charge is 0.481 e. The third-order valence-corrected chi connectivity index (χ3v) is 16.6. The molecule has 66 heavy (non-hydrogen) atoms. The quantitative estimate of drug-likeness (QED) is 0.103. The number of carbonyl (C=O) groups excluding carboxylic acids is 3. The fourth-order valence-electron chi connectivity index (χ4n) is 6.77. The molecule has 0 saturated carbocycles. The summed E-state index contributed by atoms with van der Waals surface area (Å²) >= 11 is 14.1. The average Bonchev–Trinajstić information content (AvgIpc) is 3.63. The van der Waals surface area contributed by atoms with Gasteiger partial charge in [0.1, 0.15) is 11.2 Å². The Morgan fingerprint density at radius 3 is 2.15 bits per heavy atom. The van der Waals surface area contributed by atoms with Crippen LogP contribution in [0.15, 0.2) is 54.9 Å². The maximum Gasteiger partial charge on any atom is 0.410 e. The Kier molecular flexibility index (Phi) is 16.8. The Hall–Kier alpha value is -5.03. The molecule has 1 saturated heterocycles. The lowest BCUT2D eigenvalue weighted by Crippen LogP contribution is -2.44. The molecule has 1 atom stereocenters. The second kappa shape index (κ2) is 21.3. The predicted molar refractivity (Wildman–Crippen MR) is 259 cm³/mol. The SMILES string of the molecule is COc1nc(-c2ccnc(-c3cccc(Nc4nccc(CCN(CCO[Si](C)(C)C(C)(C)C)C(=O)OC(C)(C)C)c4F)c3Cl)c2Cl)ccc1CN(C[C@@H]1CCC(=O)N1)C(=O)OC(C)(C)C. The zero-order valence-electron chi connectivity index (χ0n) is 40.2. The third-order valence-electron chi connectivity index (χ3n) is 11.2. The second-order valence-electron chi connectivity index (χ2n) is 19.8. The third kappa shape index (κ3) is 13.8. The highest BCUT2D eigenvalue weighted by Gasteiger charge is 2.37. The molecule has 0 aliphatic carbocycles. The van der Waals surface area contributed by atoms with Crippen molar-refractivity contribution in [3.63, 3.8) is 0 Å². The molecular formula is C48H64Cl2FN7O7Si.